The minimum Gasteiger partial charge on any atom is -0.386 e. The van der Waals surface area contributed by atoms with Gasteiger partial charge >= 0.3 is 0 Å². The first kappa shape index (κ1) is 12.0. The quantitative estimate of drug-likeness (QED) is 0.743. The molecule has 3 rings (SSSR count). The summed E-state index contributed by atoms with van der Waals surface area (Å²) in [5.74, 6) is 0.345. The lowest BCUT2D eigenvalue weighted by molar-refractivity contribution is -0.166. The lowest BCUT2D eigenvalue weighted by Gasteiger charge is -2.48. The molecule has 0 bridgehead atoms. The van der Waals surface area contributed by atoms with Gasteiger partial charge in [0, 0.05) is 25.9 Å². The van der Waals surface area contributed by atoms with E-state index in [1.807, 2.05) is 0 Å². The number of nitrogens with zero attached hydrogens (tertiary/aromatic N) is 2. The van der Waals surface area contributed by atoms with Crippen molar-refractivity contribution in [3.05, 3.63) is 0 Å². The van der Waals surface area contributed by atoms with Crippen LogP contribution < -0.4 is 0 Å². The Balaban J connectivity index is 1.55. The number of hydrogen-bond acceptors (Lipinski definition) is 3. The standard InChI is InChI=1S/C13H20N2O3/c1-14-5-4-9(6-11(14)16)12(17)15-7-13(18,8-15)10-2-3-10/h9-10,18H,2-8H2,1H3/t9-/m0/s1. The number of carbonyl (C=O) groups excluding carboxylic acids is 2. The fourth-order valence-corrected chi connectivity index (χ4v) is 3.06. The molecule has 0 spiro atoms. The van der Waals surface area contributed by atoms with Gasteiger partial charge in [0.2, 0.25) is 11.8 Å². The van der Waals surface area contributed by atoms with Crippen molar-refractivity contribution in [3.8, 4) is 0 Å². The van der Waals surface area contributed by atoms with Crippen LogP contribution in [0, 0.1) is 11.8 Å². The van der Waals surface area contributed by atoms with Crippen LogP contribution in [0.15, 0.2) is 0 Å². The molecule has 5 nitrogen and oxygen atoms in total. The summed E-state index contributed by atoms with van der Waals surface area (Å²) in [7, 11) is 1.78. The highest BCUT2D eigenvalue weighted by Crippen LogP contribution is 2.45. The molecular formula is C13H20N2O3. The Morgan fingerprint density at radius 2 is 2.00 bits per heavy atom. The van der Waals surface area contributed by atoms with Crippen molar-refractivity contribution in [2.24, 2.45) is 11.8 Å². The fourth-order valence-electron chi connectivity index (χ4n) is 3.06. The van der Waals surface area contributed by atoms with Gasteiger partial charge in [0.1, 0.15) is 5.60 Å². The van der Waals surface area contributed by atoms with Crippen LogP contribution in [0.1, 0.15) is 25.7 Å². The normalized spacial score (nSPS) is 31.2. The number of amides is 2. The molecule has 1 N–H and O–H groups in total. The van der Waals surface area contributed by atoms with Crippen LogP contribution in [0.4, 0.5) is 0 Å². The van der Waals surface area contributed by atoms with Crippen LogP contribution in [0.2, 0.25) is 0 Å². The molecule has 2 aliphatic heterocycles. The summed E-state index contributed by atoms with van der Waals surface area (Å²) in [4.78, 5) is 27.2. The highest BCUT2D eigenvalue weighted by atomic mass is 16.3. The van der Waals surface area contributed by atoms with Gasteiger partial charge < -0.3 is 14.9 Å². The Morgan fingerprint density at radius 1 is 1.33 bits per heavy atom. The van der Waals surface area contributed by atoms with Crippen molar-refractivity contribution < 1.29 is 14.7 Å². The Morgan fingerprint density at radius 3 is 2.56 bits per heavy atom. The maximum atomic E-state index is 12.2. The molecule has 18 heavy (non-hydrogen) atoms. The molecular weight excluding hydrogens is 232 g/mol. The Hall–Kier alpha value is -1.10. The summed E-state index contributed by atoms with van der Waals surface area (Å²) >= 11 is 0. The van der Waals surface area contributed by atoms with Crippen molar-refractivity contribution in [3.63, 3.8) is 0 Å². The molecule has 3 fully saturated rings. The molecule has 2 amide bonds. The van der Waals surface area contributed by atoms with Crippen LogP contribution in [0.5, 0.6) is 0 Å². The molecule has 2 saturated heterocycles. The predicted octanol–water partition coefficient (Wildman–Crippen LogP) is -0.162. The summed E-state index contributed by atoms with van der Waals surface area (Å²) in [5, 5.41) is 10.2. The maximum absolute atomic E-state index is 12.2. The number of likely N-dealkylation sites (tertiary alicyclic amines) is 2. The minimum absolute atomic E-state index is 0.0533. The highest BCUT2D eigenvalue weighted by molar-refractivity contribution is 5.87. The first-order valence-corrected chi connectivity index (χ1v) is 6.75. The third-order valence-corrected chi connectivity index (χ3v) is 4.59. The Kier molecular flexibility index (Phi) is 2.62. The van der Waals surface area contributed by atoms with E-state index >= 15 is 0 Å². The lowest BCUT2D eigenvalue weighted by atomic mass is 9.86. The molecule has 0 aromatic carbocycles. The van der Waals surface area contributed by atoms with E-state index in [0.717, 1.165) is 19.3 Å². The van der Waals surface area contributed by atoms with Gasteiger partial charge in [-0.2, -0.15) is 0 Å². The molecule has 1 aliphatic carbocycles. The summed E-state index contributed by atoms with van der Waals surface area (Å²) in [6, 6.07) is 0. The van der Waals surface area contributed by atoms with Crippen LogP contribution in [0.3, 0.4) is 0 Å². The van der Waals surface area contributed by atoms with E-state index in [9.17, 15) is 14.7 Å². The van der Waals surface area contributed by atoms with Crippen LogP contribution in [0.25, 0.3) is 0 Å². The molecule has 0 unspecified atom stereocenters. The second-order valence-corrected chi connectivity index (χ2v) is 6.08. The molecule has 5 heteroatoms. The summed E-state index contributed by atoms with van der Waals surface area (Å²) in [6.45, 7) is 1.60. The minimum atomic E-state index is -0.620. The largest absolute Gasteiger partial charge is 0.386 e. The van der Waals surface area contributed by atoms with Gasteiger partial charge in [0.05, 0.1) is 13.1 Å². The predicted molar refractivity (Wildman–Crippen MR) is 64.6 cm³/mol. The first-order chi connectivity index (χ1) is 8.49. The molecule has 3 aliphatic rings. The Bertz CT molecular complexity index is 386. The van der Waals surface area contributed by atoms with E-state index < -0.39 is 5.60 Å². The number of rotatable bonds is 2. The van der Waals surface area contributed by atoms with Crippen molar-refractivity contribution in [2.75, 3.05) is 26.7 Å². The van der Waals surface area contributed by atoms with Gasteiger partial charge in [-0.25, -0.2) is 0 Å². The van der Waals surface area contributed by atoms with E-state index in [1.165, 1.54) is 0 Å². The topological polar surface area (TPSA) is 60.9 Å². The summed E-state index contributed by atoms with van der Waals surface area (Å²) in [6.07, 6.45) is 3.25. The van der Waals surface area contributed by atoms with Crippen molar-refractivity contribution in [2.45, 2.75) is 31.3 Å². The van der Waals surface area contributed by atoms with Crippen molar-refractivity contribution >= 4 is 11.8 Å². The van der Waals surface area contributed by atoms with Crippen LogP contribution >= 0.6 is 0 Å². The SMILES string of the molecule is CN1CC[C@H](C(=O)N2CC(O)(C3CC3)C2)CC1=O. The molecule has 2 heterocycles. The van der Waals surface area contributed by atoms with Gasteiger partial charge in [0.15, 0.2) is 0 Å². The van der Waals surface area contributed by atoms with E-state index in [2.05, 4.69) is 0 Å². The fraction of sp³-hybridized carbons (Fsp3) is 0.846. The van der Waals surface area contributed by atoms with Gasteiger partial charge in [-0.1, -0.05) is 0 Å². The van der Waals surface area contributed by atoms with Gasteiger partial charge in [-0.15, -0.1) is 0 Å². The molecule has 1 atom stereocenters. The molecule has 0 aromatic heterocycles. The van der Waals surface area contributed by atoms with Crippen LogP contribution in [-0.2, 0) is 9.59 Å². The van der Waals surface area contributed by atoms with E-state index in [-0.39, 0.29) is 17.7 Å². The van der Waals surface area contributed by atoms with E-state index in [1.54, 1.807) is 16.8 Å². The first-order valence-electron chi connectivity index (χ1n) is 6.75. The molecule has 0 aromatic rings. The Labute approximate surface area is 107 Å². The average molecular weight is 252 g/mol. The van der Waals surface area contributed by atoms with Gasteiger partial charge in [0.25, 0.3) is 0 Å². The van der Waals surface area contributed by atoms with Gasteiger partial charge in [-0.3, -0.25) is 9.59 Å². The van der Waals surface area contributed by atoms with Crippen LogP contribution in [-0.4, -0.2) is 59.0 Å². The number of carbonyl (C=O) groups is 2. The summed E-state index contributed by atoms with van der Waals surface area (Å²) < 4.78 is 0. The zero-order chi connectivity index (χ0) is 12.9. The number of aliphatic hydroxyl groups is 1. The number of piperidine rings is 1. The lowest BCUT2D eigenvalue weighted by Crippen LogP contribution is -2.66. The molecule has 0 radical (unpaired) electrons. The number of hydrogen-bond donors (Lipinski definition) is 1. The zero-order valence-electron chi connectivity index (χ0n) is 10.8. The average Bonchev–Trinajstić information content (AvgIpc) is 3.12. The third-order valence-electron chi connectivity index (χ3n) is 4.59. The van der Waals surface area contributed by atoms with Crippen molar-refractivity contribution in [1.82, 2.24) is 9.80 Å². The summed E-state index contributed by atoms with van der Waals surface area (Å²) in [5.41, 5.74) is -0.620. The monoisotopic (exact) mass is 252 g/mol. The second-order valence-electron chi connectivity index (χ2n) is 6.08. The third kappa shape index (κ3) is 1.90. The van der Waals surface area contributed by atoms with Crippen molar-refractivity contribution in [1.29, 1.82) is 0 Å². The zero-order valence-corrected chi connectivity index (χ0v) is 10.8. The number of β-amino-alcohol motifs (C(OH)–C–C–N with tert-alkyl or cyclic N) is 1. The maximum Gasteiger partial charge on any atom is 0.226 e. The highest BCUT2D eigenvalue weighted by Gasteiger charge is 2.54. The second kappa shape index (κ2) is 3.95. The van der Waals surface area contributed by atoms with Gasteiger partial charge in [-0.05, 0) is 25.2 Å². The molecule has 1 saturated carbocycles. The van der Waals surface area contributed by atoms with E-state index in [0.29, 0.717) is 32.0 Å². The van der Waals surface area contributed by atoms with E-state index in [4.69, 9.17) is 0 Å². The molecule has 100 valence electrons. The smallest absolute Gasteiger partial charge is 0.226 e.